The van der Waals surface area contributed by atoms with E-state index in [1.165, 1.54) is 0 Å². The predicted molar refractivity (Wildman–Crippen MR) is 67.8 cm³/mol. The molecule has 5 nitrogen and oxygen atoms in total. The van der Waals surface area contributed by atoms with Crippen molar-refractivity contribution in [3.8, 4) is 0 Å². The molecule has 8 heteroatoms. The molecular formula is C9H9ClN4OS2. The van der Waals surface area contributed by atoms with Crippen LogP contribution in [0.5, 0.6) is 0 Å². The fourth-order valence-corrected chi connectivity index (χ4v) is 2.59. The fourth-order valence-electron chi connectivity index (χ4n) is 1.20. The van der Waals surface area contributed by atoms with Gasteiger partial charge in [0.2, 0.25) is 9.47 Å². The summed E-state index contributed by atoms with van der Waals surface area (Å²) in [5, 5.41) is 13.3. The number of hydrogen-bond acceptors (Lipinski definition) is 6. The second-order valence-electron chi connectivity index (χ2n) is 3.22. The normalized spacial score (nSPS) is 10.5. The van der Waals surface area contributed by atoms with E-state index >= 15 is 0 Å². The lowest BCUT2D eigenvalue weighted by atomic mass is 10.3. The van der Waals surface area contributed by atoms with Crippen LogP contribution in [0.1, 0.15) is 20.5 Å². The third-order valence-corrected chi connectivity index (χ3v) is 3.77. The third kappa shape index (κ3) is 3.45. The van der Waals surface area contributed by atoms with E-state index in [0.29, 0.717) is 13.0 Å². The maximum atomic E-state index is 11.6. The third-order valence-electron chi connectivity index (χ3n) is 1.93. The molecule has 0 fully saturated rings. The first-order valence-corrected chi connectivity index (χ1v) is 6.91. The summed E-state index contributed by atoms with van der Waals surface area (Å²) >= 11 is 8.26. The molecule has 0 radical (unpaired) electrons. The number of halogens is 1. The second kappa shape index (κ2) is 5.52. The van der Waals surface area contributed by atoms with Crippen molar-refractivity contribution < 1.29 is 4.79 Å². The van der Waals surface area contributed by atoms with E-state index < -0.39 is 0 Å². The maximum absolute atomic E-state index is 11.6. The van der Waals surface area contributed by atoms with Gasteiger partial charge in [-0.1, -0.05) is 11.3 Å². The molecule has 0 aliphatic carbocycles. The van der Waals surface area contributed by atoms with Crippen LogP contribution in [0.3, 0.4) is 0 Å². The number of rotatable bonds is 4. The van der Waals surface area contributed by atoms with Crippen LogP contribution >= 0.6 is 34.3 Å². The highest BCUT2D eigenvalue weighted by molar-refractivity contribution is 7.17. The summed E-state index contributed by atoms with van der Waals surface area (Å²) < 4.78 is 0.269. The Labute approximate surface area is 111 Å². The van der Waals surface area contributed by atoms with Gasteiger partial charge in [0.05, 0.1) is 10.7 Å². The van der Waals surface area contributed by atoms with Crippen molar-refractivity contribution >= 4 is 40.2 Å². The van der Waals surface area contributed by atoms with Crippen LogP contribution in [0, 0.1) is 6.92 Å². The molecule has 1 amide bonds. The zero-order valence-corrected chi connectivity index (χ0v) is 11.3. The van der Waals surface area contributed by atoms with Gasteiger partial charge in [-0.05, 0) is 18.5 Å². The van der Waals surface area contributed by atoms with E-state index in [0.717, 1.165) is 22.0 Å². The average molecular weight is 289 g/mol. The Bertz CT molecular complexity index is 525. The number of nitrogens with one attached hydrogen (secondary N) is 1. The quantitative estimate of drug-likeness (QED) is 0.933. The molecule has 2 heterocycles. The Hall–Kier alpha value is -1.05. The smallest absolute Gasteiger partial charge is 0.282 e. The average Bonchev–Trinajstić information content (AvgIpc) is 2.88. The molecule has 0 saturated heterocycles. The molecule has 0 atom stereocenters. The number of thiazole rings is 1. The molecule has 0 spiro atoms. The molecule has 0 bridgehead atoms. The van der Waals surface area contributed by atoms with Crippen LogP contribution in [0.15, 0.2) is 5.38 Å². The highest BCUT2D eigenvalue weighted by atomic mass is 35.5. The van der Waals surface area contributed by atoms with Gasteiger partial charge in [-0.15, -0.1) is 21.5 Å². The topological polar surface area (TPSA) is 67.8 Å². The fraction of sp³-hybridized carbons (Fsp3) is 0.333. The van der Waals surface area contributed by atoms with Gasteiger partial charge >= 0.3 is 0 Å². The van der Waals surface area contributed by atoms with Gasteiger partial charge < -0.3 is 5.32 Å². The van der Waals surface area contributed by atoms with Gasteiger partial charge in [-0.2, -0.15) is 0 Å². The van der Waals surface area contributed by atoms with E-state index in [1.54, 1.807) is 11.3 Å². The molecule has 90 valence electrons. The first kappa shape index (κ1) is 12.4. The van der Waals surface area contributed by atoms with E-state index in [1.807, 2.05) is 12.3 Å². The lowest BCUT2D eigenvalue weighted by Crippen LogP contribution is -2.25. The van der Waals surface area contributed by atoms with Crippen molar-refractivity contribution in [1.82, 2.24) is 20.5 Å². The molecule has 17 heavy (non-hydrogen) atoms. The van der Waals surface area contributed by atoms with Crippen LogP contribution in [0.4, 0.5) is 0 Å². The van der Waals surface area contributed by atoms with Gasteiger partial charge in [0.15, 0.2) is 0 Å². The first-order valence-electron chi connectivity index (χ1n) is 4.83. The van der Waals surface area contributed by atoms with Gasteiger partial charge in [0, 0.05) is 18.3 Å². The monoisotopic (exact) mass is 288 g/mol. The Kier molecular flexibility index (Phi) is 4.03. The van der Waals surface area contributed by atoms with Crippen LogP contribution in [-0.4, -0.2) is 27.6 Å². The van der Waals surface area contributed by atoms with Gasteiger partial charge in [0.25, 0.3) is 5.91 Å². The SMILES string of the molecule is Cc1nc(CCNC(=O)c2nnc(Cl)s2)cs1. The Morgan fingerprint density at radius 1 is 1.53 bits per heavy atom. The minimum Gasteiger partial charge on any atom is -0.350 e. The first-order chi connectivity index (χ1) is 8.15. The minimum absolute atomic E-state index is 0.249. The summed E-state index contributed by atoms with van der Waals surface area (Å²) in [6.07, 6.45) is 0.711. The Morgan fingerprint density at radius 2 is 2.35 bits per heavy atom. The maximum Gasteiger partial charge on any atom is 0.282 e. The zero-order chi connectivity index (χ0) is 12.3. The largest absolute Gasteiger partial charge is 0.350 e. The van der Waals surface area contributed by atoms with E-state index in [-0.39, 0.29) is 15.4 Å². The summed E-state index contributed by atoms with van der Waals surface area (Å²) in [6.45, 7) is 2.48. The van der Waals surface area contributed by atoms with Gasteiger partial charge in [0.1, 0.15) is 0 Å². The van der Waals surface area contributed by atoms with Gasteiger partial charge in [-0.3, -0.25) is 4.79 Å². The van der Waals surface area contributed by atoms with Gasteiger partial charge in [-0.25, -0.2) is 4.98 Å². The number of carbonyl (C=O) groups excluding carboxylic acids is 1. The summed E-state index contributed by atoms with van der Waals surface area (Å²) in [5.74, 6) is -0.249. The lowest BCUT2D eigenvalue weighted by Gasteiger charge is -1.99. The van der Waals surface area contributed by atoms with Crippen molar-refractivity contribution in [1.29, 1.82) is 0 Å². The Morgan fingerprint density at radius 3 is 2.94 bits per heavy atom. The van der Waals surface area contributed by atoms with E-state index in [2.05, 4.69) is 20.5 Å². The predicted octanol–water partition coefficient (Wildman–Crippen LogP) is 1.93. The van der Waals surface area contributed by atoms with Crippen molar-refractivity contribution in [2.24, 2.45) is 0 Å². The van der Waals surface area contributed by atoms with E-state index in [9.17, 15) is 4.79 Å². The minimum atomic E-state index is -0.249. The molecule has 0 unspecified atom stereocenters. The number of carbonyl (C=O) groups is 1. The van der Waals surface area contributed by atoms with Crippen LogP contribution in [-0.2, 0) is 6.42 Å². The van der Waals surface area contributed by atoms with Crippen LogP contribution in [0.2, 0.25) is 4.47 Å². The molecule has 0 aliphatic heterocycles. The van der Waals surface area contributed by atoms with Crippen LogP contribution in [0.25, 0.3) is 0 Å². The highest BCUT2D eigenvalue weighted by Crippen LogP contribution is 2.14. The number of aromatic nitrogens is 3. The number of aryl methyl sites for hydroxylation is 1. The molecule has 2 aromatic rings. The molecular weight excluding hydrogens is 280 g/mol. The molecule has 0 aliphatic rings. The highest BCUT2D eigenvalue weighted by Gasteiger charge is 2.11. The van der Waals surface area contributed by atoms with Crippen molar-refractivity contribution in [2.45, 2.75) is 13.3 Å². The van der Waals surface area contributed by atoms with Crippen molar-refractivity contribution in [2.75, 3.05) is 6.54 Å². The number of nitrogens with zero attached hydrogens (tertiary/aromatic N) is 3. The summed E-state index contributed by atoms with van der Waals surface area (Å²) in [4.78, 5) is 15.9. The number of amides is 1. The molecule has 2 aromatic heterocycles. The molecule has 1 N–H and O–H groups in total. The summed E-state index contributed by atoms with van der Waals surface area (Å²) in [6, 6.07) is 0. The summed E-state index contributed by atoms with van der Waals surface area (Å²) in [7, 11) is 0. The van der Waals surface area contributed by atoms with Crippen molar-refractivity contribution in [3.63, 3.8) is 0 Å². The standard InChI is InChI=1S/C9H9ClN4OS2/c1-5-12-6(4-16-5)2-3-11-7(15)8-13-14-9(10)17-8/h4H,2-3H2,1H3,(H,11,15). The Balaban J connectivity index is 1.81. The number of hydrogen-bond donors (Lipinski definition) is 1. The van der Waals surface area contributed by atoms with E-state index in [4.69, 9.17) is 11.6 Å². The molecule has 0 saturated carbocycles. The zero-order valence-electron chi connectivity index (χ0n) is 8.94. The second-order valence-corrected chi connectivity index (χ2v) is 5.85. The van der Waals surface area contributed by atoms with Crippen molar-refractivity contribution in [3.05, 3.63) is 25.6 Å². The lowest BCUT2D eigenvalue weighted by molar-refractivity contribution is 0.0953. The van der Waals surface area contributed by atoms with Crippen LogP contribution < -0.4 is 5.32 Å². The molecule has 0 aromatic carbocycles. The molecule has 2 rings (SSSR count). The summed E-state index contributed by atoms with van der Waals surface area (Å²) in [5.41, 5.74) is 0.989.